The SMILES string of the molecule is CCOc1ccc(N(c2ccccc2)c2ccc(OC)cc2)c(C)c1. The highest BCUT2D eigenvalue weighted by molar-refractivity contribution is 5.78. The molecule has 0 atom stereocenters. The van der Waals surface area contributed by atoms with Crippen LogP contribution >= 0.6 is 0 Å². The second-order valence-electron chi connectivity index (χ2n) is 5.75. The Labute approximate surface area is 149 Å². The van der Waals surface area contributed by atoms with Crippen molar-refractivity contribution in [3.05, 3.63) is 78.4 Å². The Kier molecular flexibility index (Phi) is 5.24. The van der Waals surface area contributed by atoms with E-state index in [-0.39, 0.29) is 0 Å². The number of para-hydroxylation sites is 1. The lowest BCUT2D eigenvalue weighted by Gasteiger charge is -2.27. The van der Waals surface area contributed by atoms with Gasteiger partial charge in [-0.1, -0.05) is 18.2 Å². The summed E-state index contributed by atoms with van der Waals surface area (Å²) in [6, 6.07) is 24.7. The van der Waals surface area contributed by atoms with Crippen LogP contribution in [0.2, 0.25) is 0 Å². The normalized spacial score (nSPS) is 10.4. The molecule has 3 aromatic rings. The molecular weight excluding hydrogens is 310 g/mol. The fraction of sp³-hybridized carbons (Fsp3) is 0.182. The number of nitrogens with zero attached hydrogens (tertiary/aromatic N) is 1. The molecule has 0 saturated carbocycles. The van der Waals surface area contributed by atoms with Gasteiger partial charge in [-0.05, 0) is 74.0 Å². The lowest BCUT2D eigenvalue weighted by Crippen LogP contribution is -2.11. The van der Waals surface area contributed by atoms with Crippen molar-refractivity contribution < 1.29 is 9.47 Å². The summed E-state index contributed by atoms with van der Waals surface area (Å²) in [5, 5.41) is 0. The van der Waals surface area contributed by atoms with Crippen molar-refractivity contribution >= 4 is 17.1 Å². The fourth-order valence-corrected chi connectivity index (χ4v) is 2.87. The molecule has 0 amide bonds. The maximum absolute atomic E-state index is 5.63. The average Bonchev–Trinajstić information content (AvgIpc) is 2.65. The van der Waals surface area contributed by atoms with Crippen molar-refractivity contribution in [2.24, 2.45) is 0 Å². The lowest BCUT2D eigenvalue weighted by molar-refractivity contribution is 0.340. The lowest BCUT2D eigenvalue weighted by atomic mass is 10.1. The maximum atomic E-state index is 5.63. The van der Waals surface area contributed by atoms with Gasteiger partial charge in [0.1, 0.15) is 11.5 Å². The molecule has 3 heteroatoms. The van der Waals surface area contributed by atoms with Gasteiger partial charge in [0.25, 0.3) is 0 Å². The van der Waals surface area contributed by atoms with Crippen LogP contribution in [0.4, 0.5) is 17.1 Å². The first-order chi connectivity index (χ1) is 12.2. The predicted molar refractivity (Wildman–Crippen MR) is 104 cm³/mol. The molecular formula is C22H23NO2. The zero-order chi connectivity index (χ0) is 17.6. The number of benzene rings is 3. The third kappa shape index (κ3) is 3.77. The van der Waals surface area contributed by atoms with Gasteiger partial charge in [-0.15, -0.1) is 0 Å². The van der Waals surface area contributed by atoms with Crippen LogP contribution in [0.5, 0.6) is 11.5 Å². The first-order valence-electron chi connectivity index (χ1n) is 8.45. The van der Waals surface area contributed by atoms with Crippen LogP contribution in [0.25, 0.3) is 0 Å². The molecule has 0 aliphatic rings. The molecule has 3 rings (SSSR count). The smallest absolute Gasteiger partial charge is 0.119 e. The number of hydrogen-bond acceptors (Lipinski definition) is 3. The van der Waals surface area contributed by atoms with Gasteiger partial charge in [0.05, 0.1) is 13.7 Å². The molecule has 0 saturated heterocycles. The van der Waals surface area contributed by atoms with E-state index >= 15 is 0 Å². The van der Waals surface area contributed by atoms with Gasteiger partial charge in [-0.2, -0.15) is 0 Å². The molecule has 0 aromatic heterocycles. The van der Waals surface area contributed by atoms with Crippen LogP contribution in [-0.2, 0) is 0 Å². The molecule has 3 nitrogen and oxygen atoms in total. The Bertz CT molecular complexity index is 813. The van der Waals surface area contributed by atoms with E-state index in [2.05, 4.69) is 60.4 Å². The van der Waals surface area contributed by atoms with E-state index < -0.39 is 0 Å². The van der Waals surface area contributed by atoms with Crippen LogP contribution in [0.3, 0.4) is 0 Å². The molecule has 0 spiro atoms. The van der Waals surface area contributed by atoms with Crippen LogP contribution in [0, 0.1) is 6.92 Å². The number of methoxy groups -OCH3 is 1. The standard InChI is InChI=1S/C22H23NO2/c1-4-25-21-14-15-22(17(2)16-21)23(18-8-6-5-7-9-18)19-10-12-20(24-3)13-11-19/h5-16H,4H2,1-3H3. The summed E-state index contributed by atoms with van der Waals surface area (Å²) < 4.78 is 10.9. The Balaban J connectivity index is 2.08. The van der Waals surface area contributed by atoms with E-state index in [9.17, 15) is 0 Å². The van der Waals surface area contributed by atoms with E-state index in [0.717, 1.165) is 34.1 Å². The zero-order valence-electron chi connectivity index (χ0n) is 14.9. The van der Waals surface area contributed by atoms with Crippen LogP contribution in [0.15, 0.2) is 72.8 Å². The molecule has 0 bridgehead atoms. The van der Waals surface area contributed by atoms with Crippen molar-refractivity contribution in [3.8, 4) is 11.5 Å². The monoisotopic (exact) mass is 333 g/mol. The Hall–Kier alpha value is -2.94. The number of rotatable bonds is 6. The topological polar surface area (TPSA) is 21.7 Å². The molecule has 0 aliphatic heterocycles. The Morgan fingerprint density at radius 3 is 2.04 bits per heavy atom. The van der Waals surface area contributed by atoms with Crippen LogP contribution in [-0.4, -0.2) is 13.7 Å². The highest BCUT2D eigenvalue weighted by Gasteiger charge is 2.15. The molecule has 3 aromatic carbocycles. The van der Waals surface area contributed by atoms with Crippen molar-refractivity contribution in [1.82, 2.24) is 0 Å². The highest BCUT2D eigenvalue weighted by atomic mass is 16.5. The first-order valence-corrected chi connectivity index (χ1v) is 8.45. The van der Waals surface area contributed by atoms with E-state index in [1.54, 1.807) is 7.11 Å². The highest BCUT2D eigenvalue weighted by Crippen LogP contribution is 2.38. The van der Waals surface area contributed by atoms with Gasteiger partial charge in [0.15, 0.2) is 0 Å². The van der Waals surface area contributed by atoms with Crippen molar-refractivity contribution in [2.45, 2.75) is 13.8 Å². The Morgan fingerprint density at radius 1 is 0.800 bits per heavy atom. The zero-order valence-corrected chi connectivity index (χ0v) is 14.9. The molecule has 0 aliphatic carbocycles. The van der Waals surface area contributed by atoms with Gasteiger partial charge in [0.2, 0.25) is 0 Å². The summed E-state index contributed by atoms with van der Waals surface area (Å²) in [7, 11) is 1.68. The number of ether oxygens (including phenoxy) is 2. The van der Waals surface area contributed by atoms with E-state index in [1.165, 1.54) is 0 Å². The summed E-state index contributed by atoms with van der Waals surface area (Å²) in [5.74, 6) is 1.74. The third-order valence-electron chi connectivity index (χ3n) is 4.07. The molecule has 0 heterocycles. The summed E-state index contributed by atoms with van der Waals surface area (Å²) in [5.41, 5.74) is 4.48. The van der Waals surface area contributed by atoms with Gasteiger partial charge >= 0.3 is 0 Å². The van der Waals surface area contributed by atoms with Gasteiger partial charge in [0, 0.05) is 17.1 Å². The Morgan fingerprint density at radius 2 is 1.44 bits per heavy atom. The summed E-state index contributed by atoms with van der Waals surface area (Å²) >= 11 is 0. The summed E-state index contributed by atoms with van der Waals surface area (Å²) in [6.07, 6.45) is 0. The quantitative estimate of drug-likeness (QED) is 0.563. The summed E-state index contributed by atoms with van der Waals surface area (Å²) in [6.45, 7) is 4.77. The number of hydrogen-bond donors (Lipinski definition) is 0. The molecule has 0 N–H and O–H groups in total. The fourth-order valence-electron chi connectivity index (χ4n) is 2.87. The minimum atomic E-state index is 0.666. The van der Waals surface area contributed by atoms with E-state index in [0.29, 0.717) is 6.61 Å². The van der Waals surface area contributed by atoms with Crippen LogP contribution < -0.4 is 14.4 Å². The van der Waals surface area contributed by atoms with Gasteiger partial charge in [-0.3, -0.25) is 0 Å². The van der Waals surface area contributed by atoms with Crippen molar-refractivity contribution in [2.75, 3.05) is 18.6 Å². The second kappa shape index (κ2) is 7.75. The van der Waals surface area contributed by atoms with Crippen molar-refractivity contribution in [3.63, 3.8) is 0 Å². The molecule has 0 unspecified atom stereocenters. The van der Waals surface area contributed by atoms with E-state index in [1.807, 2.05) is 31.2 Å². The minimum Gasteiger partial charge on any atom is -0.497 e. The minimum absolute atomic E-state index is 0.666. The van der Waals surface area contributed by atoms with Gasteiger partial charge < -0.3 is 14.4 Å². The van der Waals surface area contributed by atoms with Gasteiger partial charge in [-0.25, -0.2) is 0 Å². The molecule has 25 heavy (non-hydrogen) atoms. The second-order valence-corrected chi connectivity index (χ2v) is 5.75. The number of anilines is 3. The molecule has 0 radical (unpaired) electrons. The van der Waals surface area contributed by atoms with Crippen molar-refractivity contribution in [1.29, 1.82) is 0 Å². The third-order valence-corrected chi connectivity index (χ3v) is 4.07. The molecule has 0 fully saturated rings. The predicted octanol–water partition coefficient (Wildman–Crippen LogP) is 5.87. The van der Waals surface area contributed by atoms with E-state index in [4.69, 9.17) is 9.47 Å². The van der Waals surface area contributed by atoms with Crippen LogP contribution in [0.1, 0.15) is 12.5 Å². The maximum Gasteiger partial charge on any atom is 0.119 e. The molecule has 128 valence electrons. The number of aryl methyl sites for hydroxylation is 1. The average molecular weight is 333 g/mol. The summed E-state index contributed by atoms with van der Waals surface area (Å²) in [4.78, 5) is 2.24. The first kappa shape index (κ1) is 16.9. The largest absolute Gasteiger partial charge is 0.497 e.